The van der Waals surface area contributed by atoms with Crippen molar-refractivity contribution in [3.63, 3.8) is 0 Å². The average Bonchev–Trinajstić information content (AvgIpc) is 2.75. The highest BCUT2D eigenvalue weighted by atomic mass is 35.5. The molecule has 0 spiro atoms. The van der Waals surface area contributed by atoms with E-state index in [9.17, 15) is 0 Å². The quantitative estimate of drug-likeness (QED) is 0.747. The summed E-state index contributed by atoms with van der Waals surface area (Å²) >= 11 is 5.83. The van der Waals surface area contributed by atoms with Gasteiger partial charge in [0, 0.05) is 30.4 Å². The molecule has 0 aliphatic heterocycles. The topological polar surface area (TPSA) is 42.7 Å². The Morgan fingerprint density at radius 2 is 2.05 bits per heavy atom. The number of halogens is 1. The third-order valence-corrected chi connectivity index (χ3v) is 3.50. The van der Waals surface area contributed by atoms with Crippen molar-refractivity contribution in [1.29, 1.82) is 0 Å². The number of hydrogen-bond acceptors (Lipinski definition) is 3. The molecule has 0 radical (unpaired) electrons. The van der Waals surface area contributed by atoms with Crippen molar-refractivity contribution in [3.05, 3.63) is 53.6 Å². The van der Waals surface area contributed by atoms with Crippen molar-refractivity contribution >= 4 is 28.3 Å². The number of fused-ring (bicyclic) bond motifs is 1. The van der Waals surface area contributed by atoms with Crippen LogP contribution in [-0.2, 0) is 6.54 Å². The zero-order valence-corrected chi connectivity index (χ0v) is 11.9. The molecule has 2 heterocycles. The van der Waals surface area contributed by atoms with E-state index in [4.69, 9.17) is 11.6 Å². The van der Waals surface area contributed by atoms with Crippen molar-refractivity contribution in [3.8, 4) is 0 Å². The van der Waals surface area contributed by atoms with Gasteiger partial charge in [0.05, 0.1) is 0 Å². The maximum atomic E-state index is 5.83. The van der Waals surface area contributed by atoms with Crippen molar-refractivity contribution in [1.82, 2.24) is 14.5 Å². The Morgan fingerprint density at radius 3 is 2.90 bits per heavy atom. The molecule has 1 aromatic carbocycles. The number of aromatic nitrogens is 3. The Hall–Kier alpha value is -2.07. The third kappa shape index (κ3) is 2.60. The first-order valence-corrected chi connectivity index (χ1v) is 6.88. The third-order valence-electron chi connectivity index (χ3n) is 3.29. The number of rotatable bonds is 4. The normalized spacial score (nSPS) is 10.9. The lowest BCUT2D eigenvalue weighted by molar-refractivity contribution is 0.733. The van der Waals surface area contributed by atoms with E-state index in [-0.39, 0.29) is 0 Å². The summed E-state index contributed by atoms with van der Waals surface area (Å²) in [6.07, 6.45) is 1.46. The largest absolute Gasteiger partial charge is 0.368 e. The Labute approximate surface area is 122 Å². The number of anilines is 1. The molecular formula is C15H15ClN4. The van der Waals surface area contributed by atoms with Crippen LogP contribution in [0.1, 0.15) is 5.69 Å². The van der Waals surface area contributed by atoms with Gasteiger partial charge in [-0.15, -0.1) is 0 Å². The van der Waals surface area contributed by atoms with E-state index < -0.39 is 0 Å². The van der Waals surface area contributed by atoms with Crippen molar-refractivity contribution in [2.75, 3.05) is 11.9 Å². The van der Waals surface area contributed by atoms with Crippen molar-refractivity contribution < 1.29 is 0 Å². The first-order valence-electron chi connectivity index (χ1n) is 6.50. The molecule has 0 aliphatic rings. The lowest BCUT2D eigenvalue weighted by Crippen LogP contribution is -2.12. The Bertz CT molecular complexity index is 736. The molecule has 3 rings (SSSR count). The second-order valence-corrected chi connectivity index (χ2v) is 5.04. The Morgan fingerprint density at radius 1 is 1.20 bits per heavy atom. The predicted molar refractivity (Wildman–Crippen MR) is 82.2 cm³/mol. The van der Waals surface area contributed by atoms with Gasteiger partial charge in [-0.25, -0.2) is 9.97 Å². The molecular weight excluding hydrogens is 272 g/mol. The maximum Gasteiger partial charge on any atom is 0.134 e. The Kier molecular flexibility index (Phi) is 3.56. The number of benzene rings is 1. The van der Waals surface area contributed by atoms with Gasteiger partial charge in [0.2, 0.25) is 0 Å². The molecule has 1 N–H and O–H groups in total. The van der Waals surface area contributed by atoms with Crippen LogP contribution in [0.4, 0.5) is 5.82 Å². The van der Waals surface area contributed by atoms with Crippen LogP contribution < -0.4 is 5.32 Å². The second-order valence-electron chi connectivity index (χ2n) is 4.65. The minimum atomic E-state index is 0.449. The first-order chi connectivity index (χ1) is 9.74. The highest BCUT2D eigenvalue weighted by Crippen LogP contribution is 2.19. The monoisotopic (exact) mass is 286 g/mol. The summed E-state index contributed by atoms with van der Waals surface area (Å²) in [7, 11) is 0. The second kappa shape index (κ2) is 5.51. The minimum absolute atomic E-state index is 0.449. The summed E-state index contributed by atoms with van der Waals surface area (Å²) in [5.41, 5.74) is 2.52. The average molecular weight is 287 g/mol. The van der Waals surface area contributed by atoms with Crippen LogP contribution in [0.25, 0.3) is 10.9 Å². The van der Waals surface area contributed by atoms with Gasteiger partial charge in [0.25, 0.3) is 0 Å². The highest BCUT2D eigenvalue weighted by molar-refractivity contribution is 6.29. The lowest BCUT2D eigenvalue weighted by atomic mass is 10.2. The smallest absolute Gasteiger partial charge is 0.134 e. The number of para-hydroxylation sites is 1. The fourth-order valence-electron chi connectivity index (χ4n) is 2.37. The van der Waals surface area contributed by atoms with Crippen LogP contribution in [0.5, 0.6) is 0 Å². The van der Waals surface area contributed by atoms with Gasteiger partial charge in [0.15, 0.2) is 0 Å². The van der Waals surface area contributed by atoms with E-state index in [0.29, 0.717) is 5.15 Å². The van der Waals surface area contributed by atoms with E-state index in [0.717, 1.165) is 18.9 Å². The van der Waals surface area contributed by atoms with Gasteiger partial charge in [-0.3, -0.25) is 0 Å². The molecule has 0 amide bonds. The SMILES string of the molecule is Cc1cc2ccccc2n1CCNc1cc(Cl)ncn1. The fraction of sp³-hybridized carbons (Fsp3) is 0.200. The highest BCUT2D eigenvalue weighted by Gasteiger charge is 2.04. The summed E-state index contributed by atoms with van der Waals surface area (Å²) in [5, 5.41) is 4.98. The van der Waals surface area contributed by atoms with Gasteiger partial charge in [-0.05, 0) is 24.4 Å². The molecule has 0 saturated heterocycles. The lowest BCUT2D eigenvalue weighted by Gasteiger charge is -2.10. The van der Waals surface area contributed by atoms with Crippen LogP contribution in [-0.4, -0.2) is 21.1 Å². The summed E-state index contributed by atoms with van der Waals surface area (Å²) in [6, 6.07) is 12.3. The molecule has 0 saturated carbocycles. The van der Waals surface area contributed by atoms with Gasteiger partial charge >= 0.3 is 0 Å². The van der Waals surface area contributed by atoms with Gasteiger partial charge in [-0.2, -0.15) is 0 Å². The van der Waals surface area contributed by atoms with Gasteiger partial charge in [-0.1, -0.05) is 29.8 Å². The molecule has 5 heteroatoms. The Balaban J connectivity index is 1.73. The molecule has 0 aliphatic carbocycles. The van der Waals surface area contributed by atoms with E-state index >= 15 is 0 Å². The number of nitrogens with zero attached hydrogens (tertiary/aromatic N) is 3. The van der Waals surface area contributed by atoms with E-state index in [2.05, 4.69) is 57.1 Å². The van der Waals surface area contributed by atoms with Crippen LogP contribution in [0.15, 0.2) is 42.7 Å². The van der Waals surface area contributed by atoms with Crippen molar-refractivity contribution in [2.24, 2.45) is 0 Å². The van der Waals surface area contributed by atoms with Crippen LogP contribution in [0.3, 0.4) is 0 Å². The fourth-order valence-corrected chi connectivity index (χ4v) is 2.52. The summed E-state index contributed by atoms with van der Waals surface area (Å²) in [4.78, 5) is 7.99. The van der Waals surface area contributed by atoms with Crippen LogP contribution in [0.2, 0.25) is 5.15 Å². The maximum absolute atomic E-state index is 5.83. The van der Waals surface area contributed by atoms with Crippen LogP contribution in [0, 0.1) is 6.92 Å². The van der Waals surface area contributed by atoms with E-state index in [1.54, 1.807) is 6.07 Å². The molecule has 0 fully saturated rings. The van der Waals surface area contributed by atoms with Gasteiger partial charge in [0.1, 0.15) is 17.3 Å². The van der Waals surface area contributed by atoms with E-state index in [1.165, 1.54) is 22.9 Å². The van der Waals surface area contributed by atoms with Crippen LogP contribution >= 0.6 is 11.6 Å². The first kappa shape index (κ1) is 12.9. The molecule has 2 aromatic heterocycles. The number of nitrogens with one attached hydrogen (secondary N) is 1. The molecule has 0 unspecified atom stereocenters. The molecule has 0 bridgehead atoms. The molecule has 20 heavy (non-hydrogen) atoms. The zero-order valence-electron chi connectivity index (χ0n) is 11.2. The zero-order chi connectivity index (χ0) is 13.9. The molecule has 0 atom stereocenters. The standard InChI is InChI=1S/C15H15ClN4/c1-11-8-12-4-2-3-5-13(12)20(11)7-6-17-15-9-14(16)18-10-19-15/h2-5,8-10H,6-7H2,1H3,(H,17,18,19). The van der Waals surface area contributed by atoms with Crippen molar-refractivity contribution in [2.45, 2.75) is 13.5 Å². The molecule has 3 aromatic rings. The minimum Gasteiger partial charge on any atom is -0.368 e. The summed E-state index contributed by atoms with van der Waals surface area (Å²) in [6.45, 7) is 3.79. The summed E-state index contributed by atoms with van der Waals surface area (Å²) in [5.74, 6) is 0.749. The molecule has 4 nitrogen and oxygen atoms in total. The molecule has 102 valence electrons. The summed E-state index contributed by atoms with van der Waals surface area (Å²) < 4.78 is 2.30. The van der Waals surface area contributed by atoms with E-state index in [1.807, 2.05) is 0 Å². The number of hydrogen-bond donors (Lipinski definition) is 1. The number of aryl methyl sites for hydroxylation is 1. The predicted octanol–water partition coefficient (Wildman–Crippen LogP) is 3.51. The van der Waals surface area contributed by atoms with Gasteiger partial charge < -0.3 is 9.88 Å².